The second-order valence-corrected chi connectivity index (χ2v) is 4.52. The Morgan fingerprint density at radius 3 is 2.73 bits per heavy atom. The van der Waals surface area contributed by atoms with Crippen molar-refractivity contribution in [1.29, 1.82) is 0 Å². The Kier molecular flexibility index (Phi) is 4.67. The molecule has 0 aliphatic rings. The molecule has 2 aromatic carbocycles. The summed E-state index contributed by atoms with van der Waals surface area (Å²) in [6.07, 6.45) is 0. The second-order valence-electron chi connectivity index (χ2n) is 4.52. The maximum Gasteiger partial charge on any atom is 0.271 e. The van der Waals surface area contributed by atoms with Crippen LogP contribution in [0, 0.1) is 22.9 Å². The van der Waals surface area contributed by atoms with E-state index in [-0.39, 0.29) is 11.4 Å². The minimum Gasteiger partial charge on any atom is -0.481 e. The molecule has 6 nitrogen and oxygen atoms in total. The molecule has 0 atom stereocenters. The van der Waals surface area contributed by atoms with Crippen molar-refractivity contribution < 1.29 is 18.8 Å². The number of para-hydroxylation sites is 1. The lowest BCUT2D eigenvalue weighted by Crippen LogP contribution is -2.21. The SMILES string of the molecule is Cc1ccc([N+](=O)[O-])cc1NC(=O)COc1ccccc1F. The fourth-order valence-electron chi connectivity index (χ4n) is 1.75. The lowest BCUT2D eigenvalue weighted by Gasteiger charge is -2.10. The van der Waals surface area contributed by atoms with Crippen LogP contribution in [-0.4, -0.2) is 17.4 Å². The molecular formula is C15H13FN2O4. The fourth-order valence-corrected chi connectivity index (χ4v) is 1.75. The third kappa shape index (κ3) is 3.78. The topological polar surface area (TPSA) is 81.5 Å². The first-order valence-corrected chi connectivity index (χ1v) is 6.39. The molecule has 0 spiro atoms. The number of amides is 1. The predicted octanol–water partition coefficient (Wildman–Crippen LogP) is 3.06. The zero-order chi connectivity index (χ0) is 16.1. The maximum atomic E-state index is 13.3. The highest BCUT2D eigenvalue weighted by Gasteiger charge is 2.12. The summed E-state index contributed by atoms with van der Waals surface area (Å²) in [6, 6.07) is 9.86. The Labute approximate surface area is 125 Å². The number of nitrogens with zero attached hydrogens (tertiary/aromatic N) is 1. The quantitative estimate of drug-likeness (QED) is 0.680. The summed E-state index contributed by atoms with van der Waals surface area (Å²) >= 11 is 0. The highest BCUT2D eigenvalue weighted by Crippen LogP contribution is 2.22. The largest absolute Gasteiger partial charge is 0.481 e. The van der Waals surface area contributed by atoms with Crippen molar-refractivity contribution >= 4 is 17.3 Å². The number of hydrogen-bond acceptors (Lipinski definition) is 4. The first kappa shape index (κ1) is 15.4. The van der Waals surface area contributed by atoms with E-state index in [0.29, 0.717) is 11.3 Å². The van der Waals surface area contributed by atoms with Gasteiger partial charge in [0.2, 0.25) is 0 Å². The van der Waals surface area contributed by atoms with Crippen LogP contribution in [0.4, 0.5) is 15.8 Å². The molecule has 0 saturated heterocycles. The number of non-ortho nitro benzene ring substituents is 1. The summed E-state index contributed by atoms with van der Waals surface area (Å²) in [7, 11) is 0. The number of nitrogens with one attached hydrogen (secondary N) is 1. The van der Waals surface area contributed by atoms with Gasteiger partial charge in [0, 0.05) is 12.1 Å². The molecule has 0 aliphatic heterocycles. The molecule has 2 aromatic rings. The lowest BCUT2D eigenvalue weighted by atomic mass is 10.2. The molecular weight excluding hydrogens is 291 g/mol. The Bertz CT molecular complexity index is 718. The third-order valence-corrected chi connectivity index (χ3v) is 2.90. The molecule has 22 heavy (non-hydrogen) atoms. The summed E-state index contributed by atoms with van der Waals surface area (Å²) in [5.41, 5.74) is 0.858. The average Bonchev–Trinajstić information content (AvgIpc) is 2.48. The van der Waals surface area contributed by atoms with Gasteiger partial charge < -0.3 is 10.1 Å². The molecule has 0 unspecified atom stereocenters. The molecule has 1 N–H and O–H groups in total. The minimum absolute atomic E-state index is 0.0339. The second kappa shape index (κ2) is 6.66. The van der Waals surface area contributed by atoms with Crippen molar-refractivity contribution in [3.05, 3.63) is 64.0 Å². The van der Waals surface area contributed by atoms with Crippen LogP contribution in [0.15, 0.2) is 42.5 Å². The van der Waals surface area contributed by atoms with Crippen molar-refractivity contribution in [3.8, 4) is 5.75 Å². The van der Waals surface area contributed by atoms with E-state index in [1.165, 1.54) is 36.4 Å². The number of carbonyl (C=O) groups excluding carboxylic acids is 1. The third-order valence-electron chi connectivity index (χ3n) is 2.90. The number of nitro benzene ring substituents is 1. The standard InChI is InChI=1S/C15H13FN2O4/c1-10-6-7-11(18(20)21)8-13(10)17-15(19)9-22-14-5-3-2-4-12(14)16/h2-8H,9H2,1H3,(H,17,19). The average molecular weight is 304 g/mol. The van der Waals surface area contributed by atoms with Crippen molar-refractivity contribution in [1.82, 2.24) is 0 Å². The summed E-state index contributed by atoms with van der Waals surface area (Å²) in [4.78, 5) is 22.0. The van der Waals surface area contributed by atoms with Gasteiger partial charge in [-0.1, -0.05) is 18.2 Å². The number of hydrogen-bond donors (Lipinski definition) is 1. The Hall–Kier alpha value is -2.96. The molecule has 0 aliphatic carbocycles. The first-order valence-electron chi connectivity index (χ1n) is 6.39. The molecule has 1 amide bonds. The molecule has 0 saturated carbocycles. The normalized spacial score (nSPS) is 10.1. The molecule has 0 fully saturated rings. The van der Waals surface area contributed by atoms with Gasteiger partial charge in [-0.3, -0.25) is 14.9 Å². The van der Waals surface area contributed by atoms with Crippen LogP contribution in [-0.2, 0) is 4.79 Å². The molecule has 2 rings (SSSR count). The lowest BCUT2D eigenvalue weighted by molar-refractivity contribution is -0.384. The minimum atomic E-state index is -0.568. The number of ether oxygens (including phenoxy) is 1. The van der Waals surface area contributed by atoms with Crippen molar-refractivity contribution in [3.63, 3.8) is 0 Å². The van der Waals surface area contributed by atoms with Crippen LogP contribution < -0.4 is 10.1 Å². The van der Waals surface area contributed by atoms with Gasteiger partial charge in [-0.05, 0) is 24.6 Å². The van der Waals surface area contributed by atoms with E-state index in [2.05, 4.69) is 5.32 Å². The van der Waals surface area contributed by atoms with Crippen molar-refractivity contribution in [2.24, 2.45) is 0 Å². The van der Waals surface area contributed by atoms with E-state index in [1.807, 2.05) is 0 Å². The van der Waals surface area contributed by atoms with Crippen LogP contribution in [0.3, 0.4) is 0 Å². The number of rotatable bonds is 5. The van der Waals surface area contributed by atoms with E-state index < -0.39 is 23.3 Å². The molecule has 114 valence electrons. The number of nitro groups is 1. The van der Waals surface area contributed by atoms with Gasteiger partial charge in [-0.25, -0.2) is 4.39 Å². The van der Waals surface area contributed by atoms with Gasteiger partial charge in [-0.15, -0.1) is 0 Å². The Balaban J connectivity index is 2.02. The summed E-state index contributed by atoms with van der Waals surface area (Å²) in [5.74, 6) is -1.14. The van der Waals surface area contributed by atoms with E-state index in [1.54, 1.807) is 13.0 Å². The van der Waals surface area contributed by atoms with Gasteiger partial charge in [-0.2, -0.15) is 0 Å². The van der Waals surface area contributed by atoms with Crippen LogP contribution in [0.5, 0.6) is 5.75 Å². The molecule has 0 bridgehead atoms. The number of aryl methyl sites for hydroxylation is 1. The van der Waals surface area contributed by atoms with E-state index in [0.717, 1.165) is 0 Å². The summed E-state index contributed by atoms with van der Waals surface area (Å²) in [6.45, 7) is 1.31. The molecule has 0 radical (unpaired) electrons. The highest BCUT2D eigenvalue weighted by molar-refractivity contribution is 5.93. The Morgan fingerprint density at radius 1 is 1.32 bits per heavy atom. The molecule has 0 aromatic heterocycles. The van der Waals surface area contributed by atoms with E-state index in [9.17, 15) is 19.3 Å². The Morgan fingerprint density at radius 2 is 2.05 bits per heavy atom. The predicted molar refractivity (Wildman–Crippen MR) is 78.4 cm³/mol. The number of anilines is 1. The molecule has 7 heteroatoms. The smallest absolute Gasteiger partial charge is 0.271 e. The summed E-state index contributed by atoms with van der Waals surface area (Å²) < 4.78 is 18.4. The van der Waals surface area contributed by atoms with Crippen LogP contribution in [0.25, 0.3) is 0 Å². The van der Waals surface area contributed by atoms with Crippen LogP contribution in [0.2, 0.25) is 0 Å². The van der Waals surface area contributed by atoms with E-state index >= 15 is 0 Å². The number of halogens is 1. The fraction of sp³-hybridized carbons (Fsp3) is 0.133. The molecule has 0 heterocycles. The van der Waals surface area contributed by atoms with Crippen molar-refractivity contribution in [2.45, 2.75) is 6.92 Å². The van der Waals surface area contributed by atoms with Gasteiger partial charge in [0.25, 0.3) is 11.6 Å². The van der Waals surface area contributed by atoms with E-state index in [4.69, 9.17) is 4.74 Å². The highest BCUT2D eigenvalue weighted by atomic mass is 19.1. The van der Waals surface area contributed by atoms with Gasteiger partial charge in [0.15, 0.2) is 18.2 Å². The number of carbonyl (C=O) groups is 1. The van der Waals surface area contributed by atoms with Crippen LogP contribution in [0.1, 0.15) is 5.56 Å². The zero-order valence-corrected chi connectivity index (χ0v) is 11.7. The van der Waals surface area contributed by atoms with Crippen LogP contribution >= 0.6 is 0 Å². The van der Waals surface area contributed by atoms with Gasteiger partial charge in [0.1, 0.15) is 0 Å². The first-order chi connectivity index (χ1) is 10.5. The van der Waals surface area contributed by atoms with Crippen molar-refractivity contribution in [2.75, 3.05) is 11.9 Å². The summed E-state index contributed by atoms with van der Waals surface area (Å²) in [5, 5.41) is 13.2. The monoisotopic (exact) mass is 304 g/mol. The number of benzene rings is 2. The van der Waals surface area contributed by atoms with Gasteiger partial charge >= 0.3 is 0 Å². The zero-order valence-electron chi connectivity index (χ0n) is 11.7. The maximum absolute atomic E-state index is 13.3. The van der Waals surface area contributed by atoms with Gasteiger partial charge in [0.05, 0.1) is 10.6 Å².